The number of carbonyl (C=O) groups excluding carboxylic acids is 2. The molecule has 2 aliphatic rings. The van der Waals surface area contributed by atoms with Crippen LogP contribution in [0.3, 0.4) is 0 Å². The van der Waals surface area contributed by atoms with E-state index >= 15 is 0 Å². The van der Waals surface area contributed by atoms with E-state index in [-0.39, 0.29) is 23.5 Å². The van der Waals surface area contributed by atoms with Crippen molar-refractivity contribution in [1.29, 1.82) is 0 Å². The van der Waals surface area contributed by atoms with Crippen LogP contribution in [0, 0.1) is 5.92 Å². The van der Waals surface area contributed by atoms with Gasteiger partial charge >= 0.3 is 6.09 Å². The van der Waals surface area contributed by atoms with Gasteiger partial charge in [-0.1, -0.05) is 25.3 Å². The predicted molar refractivity (Wildman–Crippen MR) is 142 cm³/mol. The highest BCUT2D eigenvalue weighted by Gasteiger charge is 2.29. The van der Waals surface area contributed by atoms with Gasteiger partial charge in [-0.2, -0.15) is 5.10 Å². The monoisotopic (exact) mass is 507 g/mol. The van der Waals surface area contributed by atoms with Gasteiger partial charge in [-0.05, 0) is 64.5 Å². The number of likely N-dealkylation sites (tertiary alicyclic amines) is 1. The first-order valence-corrected chi connectivity index (χ1v) is 13.5. The lowest BCUT2D eigenvalue weighted by molar-refractivity contribution is 0.0203. The van der Waals surface area contributed by atoms with E-state index in [1.54, 1.807) is 21.5 Å². The molecule has 1 aromatic carbocycles. The van der Waals surface area contributed by atoms with E-state index in [1.807, 2.05) is 32.9 Å². The number of H-pyrrole nitrogens is 1. The van der Waals surface area contributed by atoms with Crippen molar-refractivity contribution in [3.8, 4) is 0 Å². The zero-order valence-electron chi connectivity index (χ0n) is 22.0. The van der Waals surface area contributed by atoms with E-state index in [4.69, 9.17) is 9.84 Å². The maximum atomic E-state index is 13.2. The van der Waals surface area contributed by atoms with Crippen LogP contribution in [0.15, 0.2) is 29.1 Å². The van der Waals surface area contributed by atoms with Crippen LogP contribution in [0.25, 0.3) is 16.6 Å². The van der Waals surface area contributed by atoms with Gasteiger partial charge in [0, 0.05) is 31.6 Å². The molecule has 0 spiro atoms. The van der Waals surface area contributed by atoms with Crippen LogP contribution in [0.2, 0.25) is 0 Å². The van der Waals surface area contributed by atoms with Crippen molar-refractivity contribution < 1.29 is 14.3 Å². The molecule has 0 radical (unpaired) electrons. The summed E-state index contributed by atoms with van der Waals surface area (Å²) in [5.41, 5.74) is 1.76. The number of ether oxygens (including phenoxy) is 1. The third-order valence-corrected chi connectivity index (χ3v) is 7.55. The Balaban J connectivity index is 1.40. The van der Waals surface area contributed by atoms with Gasteiger partial charge in [-0.3, -0.25) is 9.59 Å². The average Bonchev–Trinajstić information content (AvgIpc) is 3.25. The van der Waals surface area contributed by atoms with Crippen molar-refractivity contribution in [1.82, 2.24) is 24.8 Å². The number of aromatic amines is 1. The number of aromatic nitrogens is 3. The SMILES string of the molecule is CC(C)(C)OC(=O)N1CCC(c2cc(=O)[nH]c3c4c(C(=O)NCC5CCCCC5)cccc4nn23)CC1. The number of benzene rings is 1. The van der Waals surface area contributed by atoms with Crippen LogP contribution in [0.5, 0.6) is 0 Å². The molecule has 0 unspecified atom stereocenters. The molecule has 3 aromatic rings. The number of carbonyl (C=O) groups is 2. The van der Waals surface area contributed by atoms with Gasteiger partial charge in [-0.25, -0.2) is 9.31 Å². The highest BCUT2D eigenvalue weighted by Crippen LogP contribution is 2.31. The Morgan fingerprint density at radius 3 is 2.54 bits per heavy atom. The number of fused-ring (bicyclic) bond motifs is 3. The minimum atomic E-state index is -0.539. The summed E-state index contributed by atoms with van der Waals surface area (Å²) in [4.78, 5) is 43.1. The molecule has 5 rings (SSSR count). The van der Waals surface area contributed by atoms with Crippen molar-refractivity contribution >= 4 is 28.6 Å². The fourth-order valence-corrected chi connectivity index (χ4v) is 5.67. The van der Waals surface area contributed by atoms with Crippen LogP contribution in [-0.2, 0) is 4.74 Å². The van der Waals surface area contributed by atoms with Crippen molar-refractivity contribution in [2.75, 3.05) is 19.6 Å². The Hall–Kier alpha value is -3.36. The van der Waals surface area contributed by atoms with Crippen LogP contribution in [-0.4, -0.2) is 56.7 Å². The molecule has 0 bridgehead atoms. The van der Waals surface area contributed by atoms with Crippen LogP contribution in [0.1, 0.15) is 87.7 Å². The lowest BCUT2D eigenvalue weighted by Gasteiger charge is -2.33. The van der Waals surface area contributed by atoms with Gasteiger partial charge in [0.25, 0.3) is 11.5 Å². The predicted octanol–water partition coefficient (Wildman–Crippen LogP) is 4.60. The largest absolute Gasteiger partial charge is 0.444 e. The van der Waals surface area contributed by atoms with Gasteiger partial charge in [0.05, 0.1) is 22.2 Å². The quantitative estimate of drug-likeness (QED) is 0.536. The molecule has 2 amide bonds. The number of amides is 2. The molecular formula is C28H37N5O4. The average molecular weight is 508 g/mol. The normalized spacial score (nSPS) is 17.9. The molecule has 2 fully saturated rings. The van der Waals surface area contributed by atoms with Crippen LogP contribution >= 0.6 is 0 Å². The number of hydrogen-bond donors (Lipinski definition) is 2. The van der Waals surface area contributed by atoms with Gasteiger partial charge in [0.15, 0.2) is 0 Å². The first-order chi connectivity index (χ1) is 17.7. The number of nitrogens with zero attached hydrogens (tertiary/aromatic N) is 3. The van der Waals surface area contributed by atoms with Gasteiger partial charge in [-0.15, -0.1) is 0 Å². The second kappa shape index (κ2) is 10.2. The molecule has 9 heteroatoms. The minimum absolute atomic E-state index is 0.0568. The lowest BCUT2D eigenvalue weighted by Crippen LogP contribution is -2.41. The number of nitrogens with one attached hydrogen (secondary N) is 2. The topological polar surface area (TPSA) is 109 Å². The summed E-state index contributed by atoms with van der Waals surface area (Å²) in [6.45, 7) is 7.34. The molecule has 1 aliphatic carbocycles. The molecule has 2 aromatic heterocycles. The maximum Gasteiger partial charge on any atom is 0.410 e. The summed E-state index contributed by atoms with van der Waals surface area (Å²) in [5, 5.41) is 8.57. The smallest absolute Gasteiger partial charge is 0.410 e. The van der Waals surface area contributed by atoms with E-state index in [1.165, 1.54) is 19.3 Å². The highest BCUT2D eigenvalue weighted by atomic mass is 16.6. The summed E-state index contributed by atoms with van der Waals surface area (Å²) < 4.78 is 7.29. The zero-order chi connectivity index (χ0) is 26.2. The third kappa shape index (κ3) is 5.50. The molecule has 0 atom stereocenters. The Morgan fingerprint density at radius 1 is 1.11 bits per heavy atom. The Labute approximate surface area is 216 Å². The molecular weight excluding hydrogens is 470 g/mol. The minimum Gasteiger partial charge on any atom is -0.444 e. The zero-order valence-corrected chi connectivity index (χ0v) is 22.0. The van der Waals surface area contributed by atoms with Crippen molar-refractivity contribution in [2.45, 2.75) is 77.2 Å². The molecule has 37 heavy (non-hydrogen) atoms. The van der Waals surface area contributed by atoms with Crippen LogP contribution in [0.4, 0.5) is 4.79 Å². The van der Waals surface area contributed by atoms with Crippen LogP contribution < -0.4 is 10.9 Å². The van der Waals surface area contributed by atoms with Crippen molar-refractivity contribution in [3.63, 3.8) is 0 Å². The van der Waals surface area contributed by atoms with Gasteiger partial charge < -0.3 is 19.9 Å². The fraction of sp³-hybridized carbons (Fsp3) is 0.571. The van der Waals surface area contributed by atoms with E-state index in [0.717, 1.165) is 18.5 Å². The highest BCUT2D eigenvalue weighted by molar-refractivity contribution is 6.11. The second-order valence-electron chi connectivity index (χ2n) is 11.5. The third-order valence-electron chi connectivity index (χ3n) is 7.55. The maximum absolute atomic E-state index is 13.2. The van der Waals surface area contributed by atoms with Crippen molar-refractivity contribution in [2.24, 2.45) is 5.92 Å². The summed E-state index contributed by atoms with van der Waals surface area (Å²) >= 11 is 0. The molecule has 198 valence electrons. The van der Waals surface area contributed by atoms with E-state index < -0.39 is 5.60 Å². The van der Waals surface area contributed by atoms with E-state index in [2.05, 4.69) is 10.3 Å². The lowest BCUT2D eigenvalue weighted by atomic mass is 9.89. The van der Waals surface area contributed by atoms with Gasteiger partial charge in [0.1, 0.15) is 11.2 Å². The van der Waals surface area contributed by atoms with E-state index in [9.17, 15) is 14.4 Å². The summed E-state index contributed by atoms with van der Waals surface area (Å²) in [7, 11) is 0. The van der Waals surface area contributed by atoms with E-state index in [0.29, 0.717) is 60.5 Å². The number of rotatable bonds is 4. The number of piperidine rings is 1. The molecule has 9 nitrogen and oxygen atoms in total. The van der Waals surface area contributed by atoms with Gasteiger partial charge in [0.2, 0.25) is 0 Å². The Kier molecular flexibility index (Phi) is 6.96. The Bertz CT molecular complexity index is 1350. The number of hydrogen-bond acceptors (Lipinski definition) is 5. The second-order valence-corrected chi connectivity index (χ2v) is 11.5. The fourth-order valence-electron chi connectivity index (χ4n) is 5.67. The first-order valence-electron chi connectivity index (χ1n) is 13.5. The Morgan fingerprint density at radius 2 is 1.84 bits per heavy atom. The van der Waals surface area contributed by atoms with Crippen molar-refractivity contribution in [3.05, 3.63) is 45.9 Å². The molecule has 3 heterocycles. The first kappa shape index (κ1) is 25.3. The summed E-state index contributed by atoms with van der Waals surface area (Å²) in [6, 6.07) is 7.09. The standard InChI is InChI=1S/C28H37N5O4/c1-28(2,3)37-27(36)32-14-12-19(13-15-32)22-16-23(34)30-25-24-20(10-7-11-21(24)31-33(22)25)26(35)29-17-18-8-5-4-6-9-18/h7,10-11,16,18-19H,4-6,8-9,12-15,17H2,1-3H3,(H,29,35)(H,30,34). The molecule has 2 N–H and O–H groups in total. The summed E-state index contributed by atoms with van der Waals surface area (Å²) in [5.74, 6) is 0.447. The molecule has 1 saturated carbocycles. The molecule has 1 saturated heterocycles. The summed E-state index contributed by atoms with van der Waals surface area (Å²) in [6.07, 6.45) is 7.13. The molecule has 1 aliphatic heterocycles.